The normalized spacial score (nSPS) is 29.6. The van der Waals surface area contributed by atoms with E-state index in [4.69, 9.17) is 4.74 Å². The number of fused-ring (bicyclic) bond motifs is 1. The molecule has 9 heteroatoms. The van der Waals surface area contributed by atoms with Gasteiger partial charge in [0.2, 0.25) is 11.8 Å². The van der Waals surface area contributed by atoms with E-state index in [1.54, 1.807) is 4.90 Å². The number of aryl methyl sites for hydroxylation is 1. The first-order valence-electron chi connectivity index (χ1n) is 8.16. The van der Waals surface area contributed by atoms with Gasteiger partial charge in [-0.15, -0.1) is 5.10 Å². The van der Waals surface area contributed by atoms with Crippen LogP contribution in [0.2, 0.25) is 0 Å². The third-order valence-corrected chi connectivity index (χ3v) is 4.78. The summed E-state index contributed by atoms with van der Waals surface area (Å²) < 4.78 is 7.22. The molecule has 0 spiro atoms. The number of carbonyl (C=O) groups excluding carboxylic acids is 2. The average molecular weight is 320 g/mol. The minimum Gasteiger partial charge on any atom is -0.376 e. The van der Waals surface area contributed by atoms with Crippen LogP contribution in [0.4, 0.5) is 0 Å². The molecule has 3 atom stereocenters. The minimum atomic E-state index is -0.410. The van der Waals surface area contributed by atoms with E-state index in [1.807, 2.05) is 0 Å². The van der Waals surface area contributed by atoms with Crippen molar-refractivity contribution >= 4 is 11.8 Å². The molecule has 3 aliphatic rings. The summed E-state index contributed by atoms with van der Waals surface area (Å²) in [6.45, 7) is 1.07. The van der Waals surface area contributed by atoms with Gasteiger partial charge in [-0.1, -0.05) is 0 Å². The summed E-state index contributed by atoms with van der Waals surface area (Å²) in [7, 11) is 0. The lowest BCUT2D eigenvalue weighted by Crippen LogP contribution is -2.49. The zero-order valence-electron chi connectivity index (χ0n) is 12.8. The highest BCUT2D eigenvalue weighted by atomic mass is 16.5. The maximum Gasteiger partial charge on any atom is 0.243 e. The molecule has 0 aromatic carbocycles. The van der Waals surface area contributed by atoms with E-state index in [-0.39, 0.29) is 30.4 Å². The summed E-state index contributed by atoms with van der Waals surface area (Å²) in [5, 5.41) is 13.9. The zero-order chi connectivity index (χ0) is 15.8. The Balaban J connectivity index is 1.44. The quantitative estimate of drug-likeness (QED) is 0.754. The fourth-order valence-corrected chi connectivity index (χ4v) is 3.48. The van der Waals surface area contributed by atoms with Gasteiger partial charge >= 0.3 is 0 Å². The lowest BCUT2D eigenvalue weighted by atomic mass is 10.1. The first-order chi connectivity index (χ1) is 11.2. The fourth-order valence-electron chi connectivity index (χ4n) is 3.48. The Kier molecular flexibility index (Phi) is 3.72. The molecular formula is C14H20N6O3. The number of nitrogens with one attached hydrogen (secondary N) is 1. The van der Waals surface area contributed by atoms with Crippen molar-refractivity contribution < 1.29 is 14.3 Å². The van der Waals surface area contributed by atoms with E-state index in [0.717, 1.165) is 19.3 Å². The first kappa shape index (κ1) is 14.6. The molecule has 1 aromatic rings. The smallest absolute Gasteiger partial charge is 0.243 e. The van der Waals surface area contributed by atoms with Crippen LogP contribution in [0.1, 0.15) is 32.1 Å². The maximum atomic E-state index is 12.7. The van der Waals surface area contributed by atoms with Crippen molar-refractivity contribution in [3.8, 4) is 0 Å². The predicted molar refractivity (Wildman–Crippen MR) is 77.0 cm³/mol. The Morgan fingerprint density at radius 2 is 2.17 bits per heavy atom. The lowest BCUT2D eigenvalue weighted by Gasteiger charge is -2.28. The van der Waals surface area contributed by atoms with Crippen molar-refractivity contribution in [3.05, 3.63) is 6.33 Å². The van der Waals surface area contributed by atoms with E-state index >= 15 is 0 Å². The second kappa shape index (κ2) is 5.88. The molecule has 1 N–H and O–H groups in total. The summed E-state index contributed by atoms with van der Waals surface area (Å²) >= 11 is 0. The number of rotatable bonds is 5. The number of aromatic nitrogens is 4. The van der Waals surface area contributed by atoms with Gasteiger partial charge in [0, 0.05) is 25.5 Å². The third kappa shape index (κ3) is 2.92. The largest absolute Gasteiger partial charge is 0.376 e. The number of hydrogen-bond donors (Lipinski definition) is 1. The van der Waals surface area contributed by atoms with Crippen LogP contribution in [0.15, 0.2) is 6.33 Å². The molecule has 4 rings (SSSR count). The van der Waals surface area contributed by atoms with Crippen molar-refractivity contribution in [1.82, 2.24) is 30.4 Å². The van der Waals surface area contributed by atoms with Crippen molar-refractivity contribution in [2.75, 3.05) is 6.61 Å². The van der Waals surface area contributed by atoms with Crippen LogP contribution < -0.4 is 5.32 Å². The molecule has 2 amide bonds. The maximum absolute atomic E-state index is 12.7. The molecule has 3 heterocycles. The standard InChI is InChI=1S/C14H20N6O3/c21-13(3-5-19-8-15-17-18-19)20-10-4-6-23-12(10)7-11(20)14(22)16-9-1-2-9/h8-12H,1-7H2,(H,16,22)/t10-,11-,12-/m0/s1. The summed E-state index contributed by atoms with van der Waals surface area (Å²) in [5.74, 6) is -0.0734. The molecule has 1 aliphatic carbocycles. The van der Waals surface area contributed by atoms with Crippen molar-refractivity contribution in [3.63, 3.8) is 0 Å². The van der Waals surface area contributed by atoms with Gasteiger partial charge in [0.1, 0.15) is 12.4 Å². The molecule has 0 radical (unpaired) electrons. The molecule has 3 fully saturated rings. The van der Waals surface area contributed by atoms with Gasteiger partial charge in [0.15, 0.2) is 0 Å². The number of carbonyl (C=O) groups is 2. The Bertz CT molecular complexity index is 587. The summed E-state index contributed by atoms with van der Waals surface area (Å²) in [4.78, 5) is 26.9. The molecule has 2 saturated heterocycles. The first-order valence-corrected chi connectivity index (χ1v) is 8.16. The van der Waals surface area contributed by atoms with Gasteiger partial charge in [0.05, 0.1) is 18.7 Å². The van der Waals surface area contributed by atoms with E-state index < -0.39 is 6.04 Å². The Hall–Kier alpha value is -2.03. The van der Waals surface area contributed by atoms with E-state index in [2.05, 4.69) is 20.8 Å². The average Bonchev–Trinajstić information content (AvgIpc) is 2.97. The molecule has 1 saturated carbocycles. The predicted octanol–water partition coefficient (Wildman–Crippen LogP) is -0.900. The van der Waals surface area contributed by atoms with Crippen molar-refractivity contribution in [2.45, 2.75) is 62.9 Å². The monoisotopic (exact) mass is 320 g/mol. The topological polar surface area (TPSA) is 102 Å². The van der Waals surface area contributed by atoms with Gasteiger partial charge < -0.3 is 15.0 Å². The summed E-state index contributed by atoms with van der Waals surface area (Å²) in [5.41, 5.74) is 0. The highest BCUT2D eigenvalue weighted by Crippen LogP contribution is 2.34. The zero-order valence-corrected chi connectivity index (χ0v) is 12.8. The second-order valence-corrected chi connectivity index (χ2v) is 6.42. The number of amides is 2. The van der Waals surface area contributed by atoms with Crippen LogP contribution in [-0.4, -0.2) is 67.8 Å². The van der Waals surface area contributed by atoms with Crippen LogP contribution in [0.25, 0.3) is 0 Å². The van der Waals surface area contributed by atoms with Gasteiger partial charge in [-0.25, -0.2) is 4.68 Å². The van der Waals surface area contributed by atoms with Gasteiger partial charge in [-0.05, 0) is 29.7 Å². The highest BCUT2D eigenvalue weighted by molar-refractivity contribution is 5.89. The molecule has 2 aliphatic heterocycles. The van der Waals surface area contributed by atoms with Crippen LogP contribution in [0.3, 0.4) is 0 Å². The third-order valence-electron chi connectivity index (χ3n) is 4.78. The van der Waals surface area contributed by atoms with Gasteiger partial charge in [0.25, 0.3) is 0 Å². The van der Waals surface area contributed by atoms with Gasteiger partial charge in [-0.2, -0.15) is 0 Å². The van der Waals surface area contributed by atoms with Gasteiger partial charge in [-0.3, -0.25) is 9.59 Å². The van der Waals surface area contributed by atoms with Crippen LogP contribution in [-0.2, 0) is 20.9 Å². The minimum absolute atomic E-state index is 0.0121. The Labute approximate surface area is 133 Å². The molecular weight excluding hydrogens is 300 g/mol. The second-order valence-electron chi connectivity index (χ2n) is 6.42. The molecule has 9 nitrogen and oxygen atoms in total. The van der Waals surface area contributed by atoms with Crippen LogP contribution >= 0.6 is 0 Å². The Morgan fingerprint density at radius 3 is 2.91 bits per heavy atom. The molecule has 0 bridgehead atoms. The molecule has 0 unspecified atom stereocenters. The molecule has 124 valence electrons. The van der Waals surface area contributed by atoms with E-state index in [0.29, 0.717) is 25.6 Å². The fraction of sp³-hybridized carbons (Fsp3) is 0.786. The van der Waals surface area contributed by atoms with Crippen molar-refractivity contribution in [2.24, 2.45) is 0 Å². The number of nitrogens with zero attached hydrogens (tertiary/aromatic N) is 5. The lowest BCUT2D eigenvalue weighted by molar-refractivity contribution is -0.140. The Morgan fingerprint density at radius 1 is 1.30 bits per heavy atom. The number of likely N-dealkylation sites (tertiary alicyclic amines) is 1. The number of hydrogen-bond acceptors (Lipinski definition) is 6. The SMILES string of the molecule is O=C(NC1CC1)[C@@H]1C[C@@H]2OCC[C@@H]2N1C(=O)CCn1cnnn1. The van der Waals surface area contributed by atoms with Crippen molar-refractivity contribution in [1.29, 1.82) is 0 Å². The summed E-state index contributed by atoms with van der Waals surface area (Å²) in [6, 6.07) is -0.0966. The highest BCUT2D eigenvalue weighted by Gasteiger charge is 2.49. The molecule has 1 aromatic heterocycles. The molecule has 23 heavy (non-hydrogen) atoms. The van der Waals surface area contributed by atoms with E-state index in [1.165, 1.54) is 11.0 Å². The van der Waals surface area contributed by atoms with Crippen LogP contribution in [0, 0.1) is 0 Å². The van der Waals surface area contributed by atoms with E-state index in [9.17, 15) is 9.59 Å². The number of ether oxygens (including phenoxy) is 1. The number of tetrazole rings is 1. The summed E-state index contributed by atoms with van der Waals surface area (Å²) in [6.07, 6.45) is 5.22. The van der Waals surface area contributed by atoms with Crippen LogP contribution in [0.5, 0.6) is 0 Å².